The average Bonchev–Trinajstić information content (AvgIpc) is 3.22. The number of hydrogen-bond acceptors (Lipinski definition) is 2. The zero-order valence-corrected chi connectivity index (χ0v) is 17.9. The molecule has 0 aromatic heterocycles. The van der Waals surface area contributed by atoms with Gasteiger partial charge in [-0.1, -0.05) is 78.9 Å². The lowest BCUT2D eigenvalue weighted by atomic mass is 10.1. The Morgan fingerprint density at radius 2 is 1.36 bits per heavy atom. The number of anilines is 1. The maximum Gasteiger partial charge on any atom is 0.272 e. The third kappa shape index (κ3) is 4.46. The van der Waals surface area contributed by atoms with Crippen LogP contribution in [0.2, 0.25) is 0 Å². The van der Waals surface area contributed by atoms with Crippen molar-refractivity contribution in [2.45, 2.75) is 6.42 Å². The third-order valence-electron chi connectivity index (χ3n) is 5.69. The molecule has 0 unspecified atom stereocenters. The van der Waals surface area contributed by atoms with Crippen LogP contribution in [-0.4, -0.2) is 11.8 Å². The lowest BCUT2D eigenvalue weighted by Gasteiger charge is -2.12. The van der Waals surface area contributed by atoms with E-state index in [4.69, 9.17) is 0 Å². The molecule has 0 atom stereocenters. The van der Waals surface area contributed by atoms with Gasteiger partial charge in [0.25, 0.3) is 11.8 Å². The Balaban J connectivity index is 1.40. The Bertz CT molecular complexity index is 1360. The van der Waals surface area contributed by atoms with Crippen LogP contribution in [0.4, 0.5) is 5.69 Å². The molecule has 4 aromatic carbocycles. The quantitative estimate of drug-likeness (QED) is 0.353. The van der Waals surface area contributed by atoms with Crippen LogP contribution in [0, 0.1) is 0 Å². The number of benzene rings is 4. The Labute approximate surface area is 192 Å². The molecule has 2 amide bonds. The summed E-state index contributed by atoms with van der Waals surface area (Å²) in [5.74, 6) is -0.712. The lowest BCUT2D eigenvalue weighted by molar-refractivity contribution is -0.113. The number of amides is 2. The van der Waals surface area contributed by atoms with Gasteiger partial charge in [-0.05, 0) is 64.6 Å². The summed E-state index contributed by atoms with van der Waals surface area (Å²) in [6, 6.07) is 32.6. The highest BCUT2D eigenvalue weighted by atomic mass is 16.2. The van der Waals surface area contributed by atoms with E-state index in [0.717, 1.165) is 12.0 Å². The van der Waals surface area contributed by atoms with Crippen molar-refractivity contribution in [1.82, 2.24) is 5.32 Å². The monoisotopic (exact) mass is 430 g/mol. The molecule has 1 aliphatic carbocycles. The standard InChI is InChI=1S/C29H22N2O2/c32-28(21-11-5-2-6-12-21)31-27(17-20-9-3-1-4-10-20)29(33)30-24-15-16-26-23(19-24)18-22-13-7-8-14-25(22)26/h1-17,19H,18H2,(H,30,33)(H,31,32)/b27-17+. The van der Waals surface area contributed by atoms with Gasteiger partial charge >= 0.3 is 0 Å². The summed E-state index contributed by atoms with van der Waals surface area (Å²) < 4.78 is 0. The summed E-state index contributed by atoms with van der Waals surface area (Å²) in [6.45, 7) is 0. The van der Waals surface area contributed by atoms with Crippen LogP contribution in [-0.2, 0) is 11.2 Å². The summed E-state index contributed by atoms with van der Waals surface area (Å²) in [6.07, 6.45) is 2.52. The molecule has 0 heterocycles. The van der Waals surface area contributed by atoms with Crippen LogP contribution >= 0.6 is 0 Å². The van der Waals surface area contributed by atoms with E-state index >= 15 is 0 Å². The SMILES string of the molecule is O=C(Nc1ccc2c(c1)Cc1ccccc1-2)/C(=C\c1ccccc1)NC(=O)c1ccccc1. The molecule has 4 nitrogen and oxygen atoms in total. The van der Waals surface area contributed by atoms with Gasteiger partial charge in [-0.3, -0.25) is 9.59 Å². The van der Waals surface area contributed by atoms with Crippen molar-refractivity contribution in [1.29, 1.82) is 0 Å². The number of nitrogens with one attached hydrogen (secondary N) is 2. The highest BCUT2D eigenvalue weighted by molar-refractivity contribution is 6.10. The fraction of sp³-hybridized carbons (Fsp3) is 0.0345. The molecule has 5 rings (SSSR count). The molecule has 0 spiro atoms. The molecule has 0 radical (unpaired) electrons. The summed E-state index contributed by atoms with van der Waals surface area (Å²) in [7, 11) is 0. The zero-order valence-electron chi connectivity index (χ0n) is 17.9. The van der Waals surface area contributed by atoms with Crippen LogP contribution in [0.15, 0.2) is 109 Å². The average molecular weight is 431 g/mol. The molecule has 0 aliphatic heterocycles. The number of hydrogen-bond donors (Lipinski definition) is 2. The molecular formula is C29H22N2O2. The van der Waals surface area contributed by atoms with E-state index in [1.165, 1.54) is 22.3 Å². The number of fused-ring (bicyclic) bond motifs is 3. The molecule has 4 aromatic rings. The van der Waals surface area contributed by atoms with Crippen molar-refractivity contribution >= 4 is 23.6 Å². The minimum absolute atomic E-state index is 0.179. The maximum atomic E-state index is 13.2. The normalized spacial score (nSPS) is 11.9. The van der Waals surface area contributed by atoms with Crippen molar-refractivity contribution in [3.63, 3.8) is 0 Å². The molecule has 33 heavy (non-hydrogen) atoms. The Morgan fingerprint density at radius 3 is 2.15 bits per heavy atom. The minimum Gasteiger partial charge on any atom is -0.321 e. The molecule has 2 N–H and O–H groups in total. The first kappa shape index (κ1) is 20.5. The van der Waals surface area contributed by atoms with Crippen molar-refractivity contribution in [2.24, 2.45) is 0 Å². The number of carbonyl (C=O) groups excluding carboxylic acids is 2. The predicted octanol–water partition coefficient (Wildman–Crippen LogP) is 5.67. The van der Waals surface area contributed by atoms with Gasteiger partial charge in [0.2, 0.25) is 0 Å². The second kappa shape index (κ2) is 8.97. The van der Waals surface area contributed by atoms with Crippen LogP contribution in [0.25, 0.3) is 17.2 Å². The number of carbonyl (C=O) groups is 2. The van der Waals surface area contributed by atoms with Crippen LogP contribution in [0.1, 0.15) is 27.0 Å². The van der Waals surface area contributed by atoms with E-state index in [2.05, 4.69) is 22.8 Å². The summed E-state index contributed by atoms with van der Waals surface area (Å²) in [4.78, 5) is 26.0. The Morgan fingerprint density at radius 1 is 0.697 bits per heavy atom. The molecule has 160 valence electrons. The number of rotatable bonds is 5. The maximum absolute atomic E-state index is 13.2. The molecule has 0 bridgehead atoms. The molecule has 4 heteroatoms. The van der Waals surface area contributed by atoms with Gasteiger partial charge in [0.05, 0.1) is 0 Å². The first-order valence-corrected chi connectivity index (χ1v) is 10.8. The summed E-state index contributed by atoms with van der Waals surface area (Å²) in [5, 5.41) is 5.73. The van der Waals surface area contributed by atoms with E-state index in [1.54, 1.807) is 30.3 Å². The smallest absolute Gasteiger partial charge is 0.272 e. The van der Waals surface area contributed by atoms with Gasteiger partial charge in [-0.2, -0.15) is 0 Å². The predicted molar refractivity (Wildman–Crippen MR) is 132 cm³/mol. The van der Waals surface area contributed by atoms with E-state index in [-0.39, 0.29) is 17.5 Å². The molecular weight excluding hydrogens is 408 g/mol. The fourth-order valence-corrected chi connectivity index (χ4v) is 4.08. The molecule has 1 aliphatic rings. The zero-order chi connectivity index (χ0) is 22.6. The highest BCUT2D eigenvalue weighted by Crippen LogP contribution is 2.37. The van der Waals surface area contributed by atoms with Gasteiger partial charge in [-0.15, -0.1) is 0 Å². The second-order valence-electron chi connectivity index (χ2n) is 7.95. The molecule has 0 fully saturated rings. The van der Waals surface area contributed by atoms with Crippen LogP contribution in [0.3, 0.4) is 0 Å². The Kier molecular flexibility index (Phi) is 5.56. The topological polar surface area (TPSA) is 58.2 Å². The summed E-state index contributed by atoms with van der Waals surface area (Å²) >= 11 is 0. The summed E-state index contributed by atoms with van der Waals surface area (Å²) in [5.41, 5.74) is 7.08. The second-order valence-corrected chi connectivity index (χ2v) is 7.95. The van der Waals surface area contributed by atoms with Gasteiger partial charge in [0.15, 0.2) is 0 Å². The van der Waals surface area contributed by atoms with Gasteiger partial charge in [-0.25, -0.2) is 0 Å². The van der Waals surface area contributed by atoms with E-state index in [0.29, 0.717) is 11.3 Å². The third-order valence-corrected chi connectivity index (χ3v) is 5.69. The van der Waals surface area contributed by atoms with E-state index < -0.39 is 0 Å². The van der Waals surface area contributed by atoms with Crippen LogP contribution in [0.5, 0.6) is 0 Å². The van der Waals surface area contributed by atoms with Gasteiger partial charge in [0, 0.05) is 11.3 Å². The lowest BCUT2D eigenvalue weighted by Crippen LogP contribution is -2.30. The fourth-order valence-electron chi connectivity index (χ4n) is 4.08. The Hall–Kier alpha value is -4.44. The van der Waals surface area contributed by atoms with E-state index in [9.17, 15) is 9.59 Å². The minimum atomic E-state index is -0.376. The van der Waals surface area contributed by atoms with E-state index in [1.807, 2.05) is 66.7 Å². The molecule has 0 saturated heterocycles. The molecule has 0 saturated carbocycles. The van der Waals surface area contributed by atoms with Crippen molar-refractivity contribution in [3.05, 3.63) is 131 Å². The van der Waals surface area contributed by atoms with Crippen molar-refractivity contribution in [2.75, 3.05) is 5.32 Å². The van der Waals surface area contributed by atoms with Crippen LogP contribution < -0.4 is 10.6 Å². The highest BCUT2D eigenvalue weighted by Gasteiger charge is 2.19. The van der Waals surface area contributed by atoms with Gasteiger partial charge < -0.3 is 10.6 Å². The first-order chi connectivity index (χ1) is 16.2. The van der Waals surface area contributed by atoms with Crippen molar-refractivity contribution < 1.29 is 9.59 Å². The largest absolute Gasteiger partial charge is 0.321 e. The van der Waals surface area contributed by atoms with Gasteiger partial charge in [0.1, 0.15) is 5.70 Å². The first-order valence-electron chi connectivity index (χ1n) is 10.8. The van der Waals surface area contributed by atoms with Crippen molar-refractivity contribution in [3.8, 4) is 11.1 Å².